The zero-order chi connectivity index (χ0) is 7.94. The van der Waals surface area contributed by atoms with E-state index < -0.39 is 0 Å². The lowest BCUT2D eigenvalue weighted by molar-refractivity contribution is 0.484. The van der Waals surface area contributed by atoms with Crippen molar-refractivity contribution in [1.29, 1.82) is 0 Å². The fourth-order valence-electron chi connectivity index (χ4n) is 1.69. The van der Waals surface area contributed by atoms with Crippen LogP contribution in [0.1, 0.15) is 38.5 Å². The molecule has 70 valence electrons. The third kappa shape index (κ3) is 4.64. The fraction of sp³-hybridized carbons (Fsp3) is 0.800. The average molecular weight is 188 g/mol. The number of halogens is 1. The molecule has 1 N–H and O–H groups in total. The van der Waals surface area contributed by atoms with Gasteiger partial charge >= 0.3 is 0 Å². The van der Waals surface area contributed by atoms with Gasteiger partial charge in [0, 0.05) is 6.04 Å². The van der Waals surface area contributed by atoms with Crippen LogP contribution in [-0.2, 0) is 0 Å². The van der Waals surface area contributed by atoms with E-state index in [1.165, 1.54) is 38.5 Å². The highest BCUT2D eigenvalue weighted by atomic mass is 35.5. The summed E-state index contributed by atoms with van der Waals surface area (Å²) in [6.07, 6.45) is 13.4. The second-order valence-electron chi connectivity index (χ2n) is 3.27. The molecule has 0 heterocycles. The fourth-order valence-corrected chi connectivity index (χ4v) is 1.69. The maximum absolute atomic E-state index is 5.17. The first-order chi connectivity index (χ1) is 5.43. The highest BCUT2D eigenvalue weighted by molar-refractivity contribution is 5.85. The van der Waals surface area contributed by atoms with E-state index in [0.717, 1.165) is 6.54 Å². The van der Waals surface area contributed by atoms with Crippen LogP contribution in [0.15, 0.2) is 0 Å². The summed E-state index contributed by atoms with van der Waals surface area (Å²) < 4.78 is 0. The predicted octanol–water partition coefficient (Wildman–Crippen LogP) is 2.35. The van der Waals surface area contributed by atoms with Crippen molar-refractivity contribution in [1.82, 2.24) is 5.32 Å². The largest absolute Gasteiger partial charge is 0.303 e. The molecule has 0 unspecified atom stereocenters. The van der Waals surface area contributed by atoms with Crippen LogP contribution < -0.4 is 5.32 Å². The lowest BCUT2D eigenvalue weighted by Crippen LogP contribution is -2.28. The van der Waals surface area contributed by atoms with Crippen LogP contribution >= 0.6 is 12.4 Å². The van der Waals surface area contributed by atoms with Crippen molar-refractivity contribution in [2.75, 3.05) is 6.54 Å². The van der Waals surface area contributed by atoms with Gasteiger partial charge in [0.15, 0.2) is 0 Å². The van der Waals surface area contributed by atoms with Gasteiger partial charge in [0.2, 0.25) is 0 Å². The summed E-state index contributed by atoms with van der Waals surface area (Å²) in [4.78, 5) is 0. The maximum Gasteiger partial charge on any atom is 0.0575 e. The topological polar surface area (TPSA) is 12.0 Å². The molecule has 1 aliphatic carbocycles. The predicted molar refractivity (Wildman–Crippen MR) is 55.6 cm³/mol. The van der Waals surface area contributed by atoms with Crippen LogP contribution in [0.4, 0.5) is 0 Å². The van der Waals surface area contributed by atoms with Crippen LogP contribution in [0.5, 0.6) is 0 Å². The molecule has 12 heavy (non-hydrogen) atoms. The zero-order valence-corrected chi connectivity index (χ0v) is 8.33. The minimum Gasteiger partial charge on any atom is -0.303 e. The summed E-state index contributed by atoms with van der Waals surface area (Å²) >= 11 is 0. The summed E-state index contributed by atoms with van der Waals surface area (Å²) in [6, 6.07) is 0.702. The number of terminal acetylenes is 1. The quantitative estimate of drug-likeness (QED) is 0.517. The van der Waals surface area contributed by atoms with E-state index in [0.29, 0.717) is 6.04 Å². The molecule has 0 saturated heterocycles. The molecule has 0 spiro atoms. The van der Waals surface area contributed by atoms with E-state index in [2.05, 4.69) is 11.2 Å². The van der Waals surface area contributed by atoms with Gasteiger partial charge in [0.1, 0.15) is 0 Å². The Morgan fingerprint density at radius 3 is 2.25 bits per heavy atom. The lowest BCUT2D eigenvalue weighted by atomic mass is 10.1. The van der Waals surface area contributed by atoms with E-state index in [4.69, 9.17) is 6.42 Å². The molecule has 0 amide bonds. The Kier molecular flexibility index (Phi) is 7.34. The highest BCUT2D eigenvalue weighted by Crippen LogP contribution is 2.16. The minimum atomic E-state index is 0. The first kappa shape index (κ1) is 11.8. The summed E-state index contributed by atoms with van der Waals surface area (Å²) in [5.74, 6) is 2.62. The summed E-state index contributed by atoms with van der Waals surface area (Å²) in [6.45, 7) is 0.741. The average Bonchev–Trinajstić information content (AvgIpc) is 2.28. The molecule has 0 aromatic rings. The molecule has 0 aromatic heterocycles. The van der Waals surface area contributed by atoms with Crippen LogP contribution in [0.2, 0.25) is 0 Å². The molecule has 2 heteroatoms. The van der Waals surface area contributed by atoms with Crippen LogP contribution in [0, 0.1) is 12.3 Å². The Labute approximate surface area is 81.7 Å². The van der Waals surface area contributed by atoms with Gasteiger partial charge in [-0.3, -0.25) is 0 Å². The Hall–Kier alpha value is -0.190. The van der Waals surface area contributed by atoms with Crippen molar-refractivity contribution in [2.45, 2.75) is 44.6 Å². The van der Waals surface area contributed by atoms with Gasteiger partial charge in [-0.1, -0.05) is 31.6 Å². The smallest absolute Gasteiger partial charge is 0.0575 e. The third-order valence-electron chi connectivity index (χ3n) is 2.35. The second-order valence-corrected chi connectivity index (χ2v) is 3.27. The Bertz CT molecular complexity index is 131. The van der Waals surface area contributed by atoms with Crippen molar-refractivity contribution >= 4 is 12.4 Å². The minimum absolute atomic E-state index is 0. The van der Waals surface area contributed by atoms with Gasteiger partial charge in [-0.25, -0.2) is 0 Å². The zero-order valence-electron chi connectivity index (χ0n) is 7.51. The molecule has 1 nitrogen and oxygen atoms in total. The van der Waals surface area contributed by atoms with Crippen molar-refractivity contribution < 1.29 is 0 Å². The van der Waals surface area contributed by atoms with Gasteiger partial charge in [-0.15, -0.1) is 18.8 Å². The van der Waals surface area contributed by atoms with E-state index in [1.54, 1.807) is 0 Å². The Morgan fingerprint density at radius 1 is 1.17 bits per heavy atom. The van der Waals surface area contributed by atoms with Gasteiger partial charge in [-0.05, 0) is 12.8 Å². The second kappa shape index (κ2) is 7.46. The summed E-state index contributed by atoms with van der Waals surface area (Å²) in [7, 11) is 0. The van der Waals surface area contributed by atoms with Gasteiger partial charge < -0.3 is 5.32 Å². The Balaban J connectivity index is 0.00000121. The Morgan fingerprint density at radius 2 is 1.75 bits per heavy atom. The number of hydrogen-bond acceptors (Lipinski definition) is 1. The van der Waals surface area contributed by atoms with Crippen molar-refractivity contribution in [3.8, 4) is 12.3 Å². The first-order valence-corrected chi connectivity index (χ1v) is 4.60. The molecule has 1 rings (SSSR count). The molecule has 0 radical (unpaired) electrons. The summed E-state index contributed by atoms with van der Waals surface area (Å²) in [5.41, 5.74) is 0. The van der Waals surface area contributed by atoms with E-state index in [1.807, 2.05) is 0 Å². The molecule has 0 aliphatic heterocycles. The standard InChI is InChI=1S/C10H17N.ClH/c1-2-9-11-10-7-5-3-4-6-8-10;/h1,10-11H,3-9H2;1H. The van der Waals surface area contributed by atoms with E-state index >= 15 is 0 Å². The van der Waals surface area contributed by atoms with Crippen molar-refractivity contribution in [2.24, 2.45) is 0 Å². The molecule has 0 aromatic carbocycles. The first-order valence-electron chi connectivity index (χ1n) is 4.60. The normalized spacial score (nSPS) is 18.9. The van der Waals surface area contributed by atoms with E-state index in [9.17, 15) is 0 Å². The SMILES string of the molecule is C#CCNC1CCCCCC1.Cl. The molecule has 1 aliphatic rings. The van der Waals surface area contributed by atoms with Crippen LogP contribution in [-0.4, -0.2) is 12.6 Å². The maximum atomic E-state index is 5.17. The molecule has 1 saturated carbocycles. The third-order valence-corrected chi connectivity index (χ3v) is 2.35. The monoisotopic (exact) mass is 187 g/mol. The van der Waals surface area contributed by atoms with E-state index in [-0.39, 0.29) is 12.4 Å². The summed E-state index contributed by atoms with van der Waals surface area (Å²) in [5, 5.41) is 3.38. The molecular formula is C10H18ClN. The van der Waals surface area contributed by atoms with Gasteiger partial charge in [0.05, 0.1) is 6.54 Å². The number of nitrogens with one attached hydrogen (secondary N) is 1. The van der Waals surface area contributed by atoms with Crippen molar-refractivity contribution in [3.05, 3.63) is 0 Å². The molecular weight excluding hydrogens is 170 g/mol. The molecule has 1 fully saturated rings. The lowest BCUT2D eigenvalue weighted by Gasteiger charge is -2.13. The highest BCUT2D eigenvalue weighted by Gasteiger charge is 2.09. The van der Waals surface area contributed by atoms with Crippen LogP contribution in [0.25, 0.3) is 0 Å². The van der Waals surface area contributed by atoms with Gasteiger partial charge in [0.25, 0.3) is 0 Å². The number of rotatable bonds is 2. The number of hydrogen-bond donors (Lipinski definition) is 1. The van der Waals surface area contributed by atoms with Crippen molar-refractivity contribution in [3.63, 3.8) is 0 Å². The van der Waals surface area contributed by atoms with Gasteiger partial charge in [-0.2, -0.15) is 0 Å². The molecule has 0 bridgehead atoms. The molecule has 0 atom stereocenters. The van der Waals surface area contributed by atoms with Crippen LogP contribution in [0.3, 0.4) is 0 Å².